The molecule has 0 saturated heterocycles. The predicted molar refractivity (Wildman–Crippen MR) is 157 cm³/mol. The summed E-state index contributed by atoms with van der Waals surface area (Å²) >= 11 is 0. The number of nitriles is 1. The molecule has 0 atom stereocenters. The van der Waals surface area contributed by atoms with Crippen LogP contribution in [0.25, 0.3) is 10.9 Å². The summed E-state index contributed by atoms with van der Waals surface area (Å²) in [6.45, 7) is 0.418. The molecule has 1 heterocycles. The summed E-state index contributed by atoms with van der Waals surface area (Å²) in [5, 5.41) is 14.5. The minimum Gasteiger partial charge on any atom is -0.497 e. The fourth-order valence-corrected chi connectivity index (χ4v) is 4.45. The van der Waals surface area contributed by atoms with Crippen molar-refractivity contribution in [3.05, 3.63) is 125 Å². The van der Waals surface area contributed by atoms with E-state index in [2.05, 4.69) is 11.4 Å². The van der Waals surface area contributed by atoms with Gasteiger partial charge in [-0.3, -0.25) is 9.59 Å². The topological polar surface area (TPSA) is 105 Å². The smallest absolute Gasteiger partial charge is 0.266 e. The van der Waals surface area contributed by atoms with Gasteiger partial charge in [-0.15, -0.1) is 0 Å². The zero-order valence-corrected chi connectivity index (χ0v) is 22.5. The average Bonchev–Trinajstić information content (AvgIpc) is 3.04. The maximum atomic E-state index is 14.0. The Morgan fingerprint density at radius 1 is 0.780 bits per heavy atom. The number of fused-ring (bicyclic) bond motifs is 1. The number of hydrogen-bond acceptors (Lipinski definition) is 7. The standard InChI is InChI=1S/C33H26N4O4/c1-40-25-16-12-23(13-17-25)32(38)37(33(39)24-14-18-26(41-2)19-15-24)31-28(20-34)30(27-10-6-7-11-29(27)36-31)35-21-22-8-4-3-5-9-22/h3-19H,21H2,1-2H3,(H,35,36). The summed E-state index contributed by atoms with van der Waals surface area (Å²) in [6, 6.07) is 32.0. The van der Waals surface area contributed by atoms with Crippen LogP contribution in [0.15, 0.2) is 103 Å². The van der Waals surface area contributed by atoms with Crippen molar-refractivity contribution in [3.8, 4) is 17.6 Å². The van der Waals surface area contributed by atoms with Crippen molar-refractivity contribution in [2.75, 3.05) is 24.4 Å². The summed E-state index contributed by atoms with van der Waals surface area (Å²) in [7, 11) is 3.05. The first-order chi connectivity index (χ1) is 20.0. The number of benzene rings is 4. The molecule has 0 aliphatic heterocycles. The largest absolute Gasteiger partial charge is 0.497 e. The lowest BCUT2D eigenvalue weighted by Gasteiger charge is -2.24. The number of carbonyl (C=O) groups is 2. The first-order valence-corrected chi connectivity index (χ1v) is 12.8. The molecule has 0 spiro atoms. The Morgan fingerprint density at radius 3 is 1.85 bits per heavy atom. The van der Waals surface area contributed by atoms with E-state index in [0.717, 1.165) is 10.5 Å². The molecule has 4 aromatic carbocycles. The summed E-state index contributed by atoms with van der Waals surface area (Å²) in [5.41, 5.74) is 2.53. The normalized spacial score (nSPS) is 10.5. The molecule has 0 fully saturated rings. The van der Waals surface area contributed by atoms with Gasteiger partial charge in [-0.05, 0) is 60.2 Å². The number of hydrogen-bond donors (Lipinski definition) is 1. The van der Waals surface area contributed by atoms with E-state index in [1.54, 1.807) is 54.6 Å². The number of nitrogens with zero attached hydrogens (tertiary/aromatic N) is 3. The molecular weight excluding hydrogens is 516 g/mol. The van der Waals surface area contributed by atoms with E-state index in [1.807, 2.05) is 48.5 Å². The van der Waals surface area contributed by atoms with Gasteiger partial charge in [-0.25, -0.2) is 9.88 Å². The van der Waals surface area contributed by atoms with E-state index in [-0.39, 0.29) is 22.5 Å². The summed E-state index contributed by atoms with van der Waals surface area (Å²) in [6.07, 6.45) is 0. The Bertz CT molecular complexity index is 1690. The van der Waals surface area contributed by atoms with Gasteiger partial charge in [0.15, 0.2) is 5.82 Å². The number of carbonyl (C=O) groups excluding carboxylic acids is 2. The predicted octanol–water partition coefficient (Wildman–Crippen LogP) is 6.22. The van der Waals surface area contributed by atoms with E-state index in [1.165, 1.54) is 14.2 Å². The Morgan fingerprint density at radius 2 is 1.32 bits per heavy atom. The highest BCUT2D eigenvalue weighted by atomic mass is 16.5. The average molecular weight is 543 g/mol. The van der Waals surface area contributed by atoms with Gasteiger partial charge in [0, 0.05) is 23.1 Å². The highest BCUT2D eigenvalue weighted by Crippen LogP contribution is 2.35. The molecule has 8 nitrogen and oxygen atoms in total. The summed E-state index contributed by atoms with van der Waals surface area (Å²) < 4.78 is 10.5. The van der Waals surface area contributed by atoms with Gasteiger partial charge in [0.1, 0.15) is 23.1 Å². The molecule has 0 unspecified atom stereocenters. The van der Waals surface area contributed by atoms with Crippen LogP contribution in [0.5, 0.6) is 11.5 Å². The fourth-order valence-electron chi connectivity index (χ4n) is 4.45. The highest BCUT2D eigenvalue weighted by Gasteiger charge is 2.31. The van der Waals surface area contributed by atoms with Gasteiger partial charge < -0.3 is 14.8 Å². The van der Waals surface area contributed by atoms with Gasteiger partial charge in [-0.2, -0.15) is 5.26 Å². The van der Waals surface area contributed by atoms with Gasteiger partial charge in [0.2, 0.25) is 0 Å². The Balaban J connectivity index is 1.69. The highest BCUT2D eigenvalue weighted by molar-refractivity contribution is 6.26. The maximum absolute atomic E-state index is 14.0. The van der Waals surface area contributed by atoms with Crippen molar-refractivity contribution in [2.24, 2.45) is 0 Å². The third-order valence-corrected chi connectivity index (χ3v) is 6.59. The van der Waals surface area contributed by atoms with Crippen molar-refractivity contribution >= 4 is 34.2 Å². The first kappa shape index (κ1) is 26.9. The molecule has 1 N–H and O–H groups in total. The van der Waals surface area contributed by atoms with Gasteiger partial charge >= 0.3 is 0 Å². The van der Waals surface area contributed by atoms with Crippen molar-refractivity contribution < 1.29 is 19.1 Å². The minimum atomic E-state index is -0.637. The molecule has 0 saturated carbocycles. The first-order valence-electron chi connectivity index (χ1n) is 12.8. The lowest BCUT2D eigenvalue weighted by molar-refractivity contribution is 0.0896. The molecule has 0 bridgehead atoms. The second-order valence-corrected chi connectivity index (χ2v) is 9.06. The molecule has 5 rings (SSSR count). The minimum absolute atomic E-state index is 0.0663. The van der Waals surface area contributed by atoms with E-state index in [4.69, 9.17) is 14.5 Å². The SMILES string of the molecule is COc1ccc(C(=O)N(C(=O)c2ccc(OC)cc2)c2nc3ccccc3c(NCc3ccccc3)c2C#N)cc1. The molecule has 8 heteroatoms. The quantitative estimate of drug-likeness (QED) is 0.232. The zero-order valence-electron chi connectivity index (χ0n) is 22.5. The molecule has 0 aliphatic carbocycles. The van der Waals surface area contributed by atoms with Gasteiger partial charge in [0.05, 0.1) is 25.4 Å². The van der Waals surface area contributed by atoms with Crippen LogP contribution in [0.2, 0.25) is 0 Å². The number of imide groups is 1. The molecule has 202 valence electrons. The van der Waals surface area contributed by atoms with Gasteiger partial charge in [0.25, 0.3) is 11.8 Å². The Hall–Kier alpha value is -5.68. The van der Waals surface area contributed by atoms with Crippen LogP contribution < -0.4 is 19.7 Å². The fraction of sp³-hybridized carbons (Fsp3) is 0.0909. The number of aromatic nitrogens is 1. The number of pyridine rings is 1. The molecule has 0 aliphatic rings. The third kappa shape index (κ3) is 5.56. The van der Waals surface area contributed by atoms with Crippen LogP contribution in [-0.2, 0) is 6.54 Å². The number of methoxy groups -OCH3 is 2. The Kier molecular flexibility index (Phi) is 7.88. The van der Waals surface area contributed by atoms with Crippen LogP contribution in [0.3, 0.4) is 0 Å². The van der Waals surface area contributed by atoms with E-state index >= 15 is 0 Å². The monoisotopic (exact) mass is 542 g/mol. The number of anilines is 2. The van der Waals surface area contributed by atoms with Gasteiger partial charge in [-0.1, -0.05) is 48.5 Å². The van der Waals surface area contributed by atoms with Crippen molar-refractivity contribution in [1.82, 2.24) is 4.98 Å². The van der Waals surface area contributed by atoms with Crippen LogP contribution in [0, 0.1) is 11.3 Å². The second-order valence-electron chi connectivity index (χ2n) is 9.06. The van der Waals surface area contributed by atoms with E-state index in [9.17, 15) is 14.9 Å². The summed E-state index contributed by atoms with van der Waals surface area (Å²) in [5.74, 6) is -0.223. The number of rotatable bonds is 8. The molecule has 0 radical (unpaired) electrons. The summed E-state index contributed by atoms with van der Waals surface area (Å²) in [4.78, 5) is 33.8. The third-order valence-electron chi connectivity index (χ3n) is 6.59. The number of nitrogens with one attached hydrogen (secondary N) is 1. The Labute approximate surface area is 237 Å². The maximum Gasteiger partial charge on any atom is 0.266 e. The molecule has 2 amide bonds. The number of amides is 2. The number of para-hydroxylation sites is 1. The van der Waals surface area contributed by atoms with E-state index < -0.39 is 11.8 Å². The molecule has 1 aromatic heterocycles. The lowest BCUT2D eigenvalue weighted by Crippen LogP contribution is -2.38. The van der Waals surface area contributed by atoms with E-state index in [0.29, 0.717) is 34.6 Å². The second kappa shape index (κ2) is 12.0. The van der Waals surface area contributed by atoms with Crippen molar-refractivity contribution in [2.45, 2.75) is 6.54 Å². The van der Waals surface area contributed by atoms with Crippen LogP contribution in [0.1, 0.15) is 31.8 Å². The zero-order chi connectivity index (χ0) is 28.8. The lowest BCUT2D eigenvalue weighted by atomic mass is 10.1. The van der Waals surface area contributed by atoms with Crippen molar-refractivity contribution in [1.29, 1.82) is 5.26 Å². The van der Waals surface area contributed by atoms with Crippen LogP contribution >= 0.6 is 0 Å². The number of ether oxygens (including phenoxy) is 2. The molecule has 5 aromatic rings. The van der Waals surface area contributed by atoms with Crippen LogP contribution in [0.4, 0.5) is 11.5 Å². The van der Waals surface area contributed by atoms with Crippen molar-refractivity contribution in [3.63, 3.8) is 0 Å². The molecular formula is C33H26N4O4. The molecule has 41 heavy (non-hydrogen) atoms. The van der Waals surface area contributed by atoms with Crippen LogP contribution in [-0.4, -0.2) is 31.0 Å².